The SMILES string of the molecule is CC(C)COC(=O)c1ccccc1OCC(=O)N1C[C@H](C)N(Cc2ccc(F)cc2)C[C@H]1C. The van der Waals surface area contributed by atoms with Crippen LogP contribution in [0.2, 0.25) is 0 Å². The third-order valence-corrected chi connectivity index (χ3v) is 5.74. The topological polar surface area (TPSA) is 59.1 Å². The highest BCUT2D eigenvalue weighted by Crippen LogP contribution is 2.21. The summed E-state index contributed by atoms with van der Waals surface area (Å²) in [4.78, 5) is 29.5. The molecule has 0 spiro atoms. The smallest absolute Gasteiger partial charge is 0.341 e. The molecule has 1 amide bonds. The minimum atomic E-state index is -0.455. The van der Waals surface area contributed by atoms with Crippen LogP contribution in [0.3, 0.4) is 0 Å². The molecular formula is C26H33FN2O4. The zero-order valence-corrected chi connectivity index (χ0v) is 19.8. The van der Waals surface area contributed by atoms with Crippen molar-refractivity contribution in [3.63, 3.8) is 0 Å². The summed E-state index contributed by atoms with van der Waals surface area (Å²) in [7, 11) is 0. The number of carbonyl (C=O) groups excluding carboxylic acids is 2. The van der Waals surface area contributed by atoms with Crippen LogP contribution in [0.4, 0.5) is 4.39 Å². The molecule has 2 atom stereocenters. The van der Waals surface area contributed by atoms with E-state index in [0.29, 0.717) is 37.6 Å². The van der Waals surface area contributed by atoms with E-state index < -0.39 is 5.97 Å². The lowest BCUT2D eigenvalue weighted by atomic mass is 10.1. The van der Waals surface area contributed by atoms with E-state index in [1.807, 2.05) is 25.7 Å². The zero-order valence-electron chi connectivity index (χ0n) is 19.8. The summed E-state index contributed by atoms with van der Waals surface area (Å²) in [6.07, 6.45) is 0. The largest absolute Gasteiger partial charge is 0.483 e. The van der Waals surface area contributed by atoms with E-state index >= 15 is 0 Å². The van der Waals surface area contributed by atoms with Crippen molar-refractivity contribution in [1.29, 1.82) is 0 Å². The van der Waals surface area contributed by atoms with Gasteiger partial charge in [-0.05, 0) is 49.6 Å². The standard InChI is InChI=1S/C26H33FN2O4/c1-18(2)16-33-26(31)23-7-5-6-8-24(23)32-17-25(30)29-14-19(3)28(13-20(29)4)15-21-9-11-22(27)12-10-21/h5-12,18-20H,13-17H2,1-4H3/t19-,20+/m0/s1. The van der Waals surface area contributed by atoms with E-state index in [4.69, 9.17) is 9.47 Å². The number of nitrogens with zero attached hydrogens (tertiary/aromatic N) is 2. The first kappa shape index (κ1) is 24.7. The minimum absolute atomic E-state index is 0.00370. The number of hydrogen-bond donors (Lipinski definition) is 0. The highest BCUT2D eigenvalue weighted by Gasteiger charge is 2.32. The van der Waals surface area contributed by atoms with Crippen LogP contribution in [0.1, 0.15) is 43.6 Å². The van der Waals surface area contributed by atoms with Crippen LogP contribution in [-0.4, -0.2) is 60.1 Å². The lowest BCUT2D eigenvalue weighted by molar-refractivity contribution is -0.139. The van der Waals surface area contributed by atoms with E-state index in [2.05, 4.69) is 11.8 Å². The Labute approximate surface area is 195 Å². The number of rotatable bonds is 8. The Hall–Kier alpha value is -2.93. The number of benzene rings is 2. The molecule has 2 aromatic carbocycles. The third-order valence-electron chi connectivity index (χ3n) is 5.74. The molecule has 0 saturated carbocycles. The van der Waals surface area contributed by atoms with Crippen molar-refractivity contribution >= 4 is 11.9 Å². The molecule has 1 fully saturated rings. The predicted octanol–water partition coefficient (Wildman–Crippen LogP) is 4.14. The van der Waals surface area contributed by atoms with Crippen LogP contribution in [0.25, 0.3) is 0 Å². The first-order valence-electron chi connectivity index (χ1n) is 11.4. The molecule has 0 aromatic heterocycles. The molecule has 0 radical (unpaired) electrons. The van der Waals surface area contributed by atoms with Gasteiger partial charge in [0.25, 0.3) is 5.91 Å². The summed E-state index contributed by atoms with van der Waals surface area (Å²) in [5.41, 5.74) is 1.36. The highest BCUT2D eigenvalue weighted by molar-refractivity contribution is 5.92. The molecule has 33 heavy (non-hydrogen) atoms. The zero-order chi connectivity index (χ0) is 24.0. The van der Waals surface area contributed by atoms with Crippen molar-refractivity contribution in [2.24, 2.45) is 5.92 Å². The number of amides is 1. The Morgan fingerprint density at radius 3 is 2.42 bits per heavy atom. The summed E-state index contributed by atoms with van der Waals surface area (Å²) in [6.45, 7) is 10.2. The predicted molar refractivity (Wildman–Crippen MR) is 125 cm³/mol. The van der Waals surface area contributed by atoms with E-state index in [1.54, 1.807) is 36.4 Å². The summed E-state index contributed by atoms with van der Waals surface area (Å²) in [5, 5.41) is 0. The van der Waals surface area contributed by atoms with Gasteiger partial charge >= 0.3 is 5.97 Å². The molecular weight excluding hydrogens is 423 g/mol. The van der Waals surface area contributed by atoms with Gasteiger partial charge in [0, 0.05) is 31.7 Å². The van der Waals surface area contributed by atoms with Crippen molar-refractivity contribution < 1.29 is 23.5 Å². The van der Waals surface area contributed by atoms with Crippen molar-refractivity contribution in [3.8, 4) is 5.75 Å². The van der Waals surface area contributed by atoms with E-state index in [-0.39, 0.29) is 36.3 Å². The van der Waals surface area contributed by atoms with Gasteiger partial charge in [0.2, 0.25) is 0 Å². The van der Waals surface area contributed by atoms with Crippen molar-refractivity contribution in [2.45, 2.75) is 46.3 Å². The lowest BCUT2D eigenvalue weighted by Gasteiger charge is -2.44. The van der Waals surface area contributed by atoms with Crippen molar-refractivity contribution in [2.75, 3.05) is 26.3 Å². The van der Waals surface area contributed by atoms with Crippen LogP contribution in [0.15, 0.2) is 48.5 Å². The third kappa shape index (κ3) is 6.78. The fraction of sp³-hybridized carbons (Fsp3) is 0.462. The molecule has 3 rings (SSSR count). The van der Waals surface area contributed by atoms with Crippen LogP contribution in [0, 0.1) is 11.7 Å². The molecule has 1 heterocycles. The molecule has 7 heteroatoms. The molecule has 0 aliphatic carbocycles. The van der Waals surface area contributed by atoms with Gasteiger partial charge in [-0.3, -0.25) is 9.69 Å². The molecule has 6 nitrogen and oxygen atoms in total. The second-order valence-corrected chi connectivity index (χ2v) is 9.08. The number of para-hydroxylation sites is 1. The maximum Gasteiger partial charge on any atom is 0.341 e. The number of carbonyl (C=O) groups is 2. The van der Waals surface area contributed by atoms with Crippen LogP contribution in [-0.2, 0) is 16.1 Å². The van der Waals surface area contributed by atoms with Gasteiger partial charge < -0.3 is 14.4 Å². The summed E-state index contributed by atoms with van der Waals surface area (Å²) < 4.78 is 24.3. The Bertz CT molecular complexity index is 948. The van der Waals surface area contributed by atoms with Gasteiger partial charge in [-0.2, -0.15) is 0 Å². The van der Waals surface area contributed by atoms with Crippen LogP contribution >= 0.6 is 0 Å². The molecule has 178 valence electrons. The maximum absolute atomic E-state index is 13.2. The number of halogens is 1. The molecule has 0 unspecified atom stereocenters. The number of hydrogen-bond acceptors (Lipinski definition) is 5. The Morgan fingerprint density at radius 2 is 1.73 bits per heavy atom. The quantitative estimate of drug-likeness (QED) is 0.559. The Morgan fingerprint density at radius 1 is 1.03 bits per heavy atom. The minimum Gasteiger partial charge on any atom is -0.483 e. The summed E-state index contributed by atoms with van der Waals surface area (Å²) in [6, 6.07) is 13.5. The molecule has 1 aliphatic rings. The lowest BCUT2D eigenvalue weighted by Crippen LogP contribution is -2.58. The fourth-order valence-corrected chi connectivity index (χ4v) is 3.89. The van der Waals surface area contributed by atoms with Crippen LogP contribution < -0.4 is 4.74 Å². The average Bonchev–Trinajstić information content (AvgIpc) is 2.79. The summed E-state index contributed by atoms with van der Waals surface area (Å²) in [5.74, 6) is -0.251. The molecule has 1 saturated heterocycles. The van der Waals surface area contributed by atoms with Gasteiger partial charge in [-0.1, -0.05) is 38.1 Å². The molecule has 1 aliphatic heterocycles. The van der Waals surface area contributed by atoms with Gasteiger partial charge in [-0.15, -0.1) is 0 Å². The van der Waals surface area contributed by atoms with E-state index in [1.165, 1.54) is 12.1 Å². The van der Waals surface area contributed by atoms with E-state index in [9.17, 15) is 14.0 Å². The maximum atomic E-state index is 13.2. The van der Waals surface area contributed by atoms with E-state index in [0.717, 1.165) is 5.56 Å². The molecule has 0 N–H and O–H groups in total. The summed E-state index contributed by atoms with van der Waals surface area (Å²) >= 11 is 0. The van der Waals surface area contributed by atoms with Gasteiger partial charge in [0.1, 0.15) is 17.1 Å². The first-order valence-corrected chi connectivity index (χ1v) is 11.4. The number of ether oxygens (including phenoxy) is 2. The Kier molecular flexibility index (Phi) is 8.44. The second kappa shape index (κ2) is 11.3. The first-order chi connectivity index (χ1) is 15.7. The van der Waals surface area contributed by atoms with Gasteiger partial charge in [0.05, 0.1) is 6.61 Å². The Balaban J connectivity index is 1.57. The van der Waals surface area contributed by atoms with Crippen molar-refractivity contribution in [3.05, 3.63) is 65.5 Å². The van der Waals surface area contributed by atoms with Gasteiger partial charge in [-0.25, -0.2) is 9.18 Å². The fourth-order valence-electron chi connectivity index (χ4n) is 3.89. The molecule has 2 aromatic rings. The molecule has 0 bridgehead atoms. The van der Waals surface area contributed by atoms with Gasteiger partial charge in [0.15, 0.2) is 6.61 Å². The number of esters is 1. The van der Waals surface area contributed by atoms with Crippen LogP contribution in [0.5, 0.6) is 5.75 Å². The number of piperazine rings is 1. The highest BCUT2D eigenvalue weighted by atomic mass is 19.1. The average molecular weight is 457 g/mol. The second-order valence-electron chi connectivity index (χ2n) is 9.08. The normalized spacial score (nSPS) is 18.9. The monoisotopic (exact) mass is 456 g/mol. The van der Waals surface area contributed by atoms with Crippen molar-refractivity contribution in [1.82, 2.24) is 9.80 Å².